The minimum atomic E-state index is -2.87. The maximum Gasteiger partial charge on any atom is 0.280 e. The van der Waals surface area contributed by atoms with Gasteiger partial charge in [0, 0.05) is 63.3 Å². The average molecular weight is 625 g/mol. The molecule has 1 saturated carbocycles. The fourth-order valence-electron chi connectivity index (χ4n) is 4.71. The molecule has 3 aromatic heterocycles. The maximum absolute atomic E-state index is 13.7. The molecule has 2 fully saturated rings. The quantitative estimate of drug-likeness (QED) is 0.206. The molecule has 232 valence electrons. The minimum Gasteiger partial charge on any atom is -0.494 e. The van der Waals surface area contributed by atoms with Crippen LogP contribution in [0.25, 0.3) is 16.9 Å². The zero-order valence-corrected chi connectivity index (χ0v) is 25.4. The molecule has 2 aliphatic rings. The Hall–Kier alpha value is -4.41. The van der Waals surface area contributed by atoms with E-state index in [4.69, 9.17) is 9.47 Å². The van der Waals surface area contributed by atoms with Crippen LogP contribution < -0.4 is 20.5 Å². The van der Waals surface area contributed by atoms with Gasteiger partial charge in [-0.2, -0.15) is 0 Å². The lowest BCUT2D eigenvalue weighted by Crippen LogP contribution is -2.36. The van der Waals surface area contributed by atoms with Crippen molar-refractivity contribution < 1.29 is 24.5 Å². The van der Waals surface area contributed by atoms with E-state index >= 15 is 0 Å². The molecule has 1 amide bonds. The fourth-order valence-corrected chi connectivity index (χ4v) is 4.95. The van der Waals surface area contributed by atoms with Crippen LogP contribution in [0.4, 0.5) is 8.78 Å². The first-order valence-electron chi connectivity index (χ1n) is 14.0. The summed E-state index contributed by atoms with van der Waals surface area (Å²) in [5.41, 5.74) is 2.20. The van der Waals surface area contributed by atoms with Gasteiger partial charge in [-0.05, 0) is 44.5 Å². The van der Waals surface area contributed by atoms with Crippen LogP contribution in [-0.4, -0.2) is 70.7 Å². The van der Waals surface area contributed by atoms with E-state index < -0.39 is 23.6 Å². The predicted octanol–water partition coefficient (Wildman–Crippen LogP) is 4.33. The third-order valence-electron chi connectivity index (χ3n) is 7.12. The lowest BCUT2D eigenvalue weighted by molar-refractivity contribution is 0.0873. The first-order valence-corrected chi connectivity index (χ1v) is 14.4. The maximum atomic E-state index is 13.7. The van der Waals surface area contributed by atoms with Crippen LogP contribution in [-0.2, 0) is 0 Å². The number of halogens is 2. The highest BCUT2D eigenvalue weighted by atomic mass is 32.1. The van der Waals surface area contributed by atoms with Gasteiger partial charge in [0.2, 0.25) is 0 Å². The van der Waals surface area contributed by atoms with Crippen molar-refractivity contribution in [2.24, 2.45) is 5.92 Å². The largest absolute Gasteiger partial charge is 0.494 e. The number of pyridine rings is 3. The number of amides is 1. The van der Waals surface area contributed by atoms with Gasteiger partial charge in [0.25, 0.3) is 17.9 Å². The number of carbonyl (C=O) groups is 1. The van der Waals surface area contributed by atoms with Crippen LogP contribution in [0.3, 0.4) is 0 Å². The molecule has 1 atom stereocenters. The second-order valence-corrected chi connectivity index (χ2v) is 11.2. The third kappa shape index (κ3) is 7.56. The topological polar surface area (TPSA) is 102 Å². The summed E-state index contributed by atoms with van der Waals surface area (Å²) in [6, 6.07) is 5.65. The highest BCUT2D eigenvalue weighted by molar-refractivity contribution is 7.84. The Balaban J connectivity index is 0.00000461. The molecule has 1 N–H and O–H groups in total. The molecule has 4 heterocycles. The number of thiol groups is 1. The van der Waals surface area contributed by atoms with Crippen molar-refractivity contribution in [1.29, 1.82) is 0 Å². The highest BCUT2D eigenvalue weighted by Gasteiger charge is 2.23. The monoisotopic (exact) mass is 624 g/mol. The zero-order valence-electron chi connectivity index (χ0n) is 24.5. The summed E-state index contributed by atoms with van der Waals surface area (Å²) in [5, 5.41) is 1.39. The van der Waals surface area contributed by atoms with E-state index in [1.807, 2.05) is 7.05 Å². The van der Waals surface area contributed by atoms with E-state index in [-0.39, 0.29) is 35.8 Å². The molecular formula is C31H34F2N6O4S. The van der Waals surface area contributed by atoms with Gasteiger partial charge in [-0.15, -0.1) is 12.6 Å². The SMILES string of the molecule is COc1cnc(C(F)F)cc1-c1cc(-n2ccc(OC3CCN(C)C3)cc2=O)ncc1C(=O)NN(C)/C=C(\S)C#CC1CC1.[HH]. The van der Waals surface area contributed by atoms with Crippen molar-refractivity contribution >= 4 is 18.5 Å². The van der Waals surface area contributed by atoms with E-state index in [9.17, 15) is 18.4 Å². The Bertz CT molecular complexity index is 1710. The number of hydrogen-bond acceptors (Lipinski definition) is 9. The van der Waals surface area contributed by atoms with Gasteiger partial charge in [-0.25, -0.2) is 13.8 Å². The molecule has 3 aromatic rings. The number of alkyl halides is 2. The van der Waals surface area contributed by atoms with Gasteiger partial charge in [-0.3, -0.25) is 29.6 Å². The van der Waals surface area contributed by atoms with E-state index in [0.717, 1.165) is 44.6 Å². The van der Waals surface area contributed by atoms with Gasteiger partial charge in [0.15, 0.2) is 0 Å². The van der Waals surface area contributed by atoms with Crippen molar-refractivity contribution in [3.05, 3.63) is 75.6 Å². The lowest BCUT2D eigenvalue weighted by Gasteiger charge is -2.19. The van der Waals surface area contributed by atoms with E-state index in [1.54, 1.807) is 19.3 Å². The Morgan fingerprint density at radius 1 is 1.23 bits per heavy atom. The molecule has 0 spiro atoms. The van der Waals surface area contributed by atoms with Crippen LogP contribution in [0.2, 0.25) is 0 Å². The molecule has 5 rings (SSSR count). The number of carbonyl (C=O) groups excluding carboxylic acids is 1. The predicted molar refractivity (Wildman–Crippen MR) is 166 cm³/mol. The van der Waals surface area contributed by atoms with Crippen molar-refractivity contribution in [3.8, 4) is 40.3 Å². The summed E-state index contributed by atoms with van der Waals surface area (Å²) in [6.07, 6.45) is 5.63. The lowest BCUT2D eigenvalue weighted by atomic mass is 10.00. The van der Waals surface area contributed by atoms with Gasteiger partial charge >= 0.3 is 0 Å². The summed E-state index contributed by atoms with van der Waals surface area (Å²) < 4.78 is 40.0. The first kappa shape index (κ1) is 31.0. The van der Waals surface area contributed by atoms with Gasteiger partial charge in [-0.1, -0.05) is 11.8 Å². The third-order valence-corrected chi connectivity index (χ3v) is 7.35. The standard InChI is InChI=1S/C31H32F2N6O4S.H2/c1-37-10-8-21(17-37)43-20-9-11-39(29(40)12-20)28-14-23(24-13-26(30(32)33)34-16-27(24)42-3)25(15-35-28)31(41)36-38(2)18-22(44)7-6-19-4-5-19;/h9,11-16,18-19,21,30,44H,4-5,8,10,17H2,1-3H3,(H,36,41);1H/b22-18-;. The number of aromatic nitrogens is 3. The Labute approximate surface area is 260 Å². The van der Waals surface area contributed by atoms with Gasteiger partial charge < -0.3 is 14.4 Å². The molecule has 13 heteroatoms. The number of likely N-dealkylation sites (N-methyl/N-ethyl adjacent to an activating group) is 1. The second-order valence-electron chi connectivity index (χ2n) is 10.7. The molecule has 0 radical (unpaired) electrons. The molecule has 1 unspecified atom stereocenters. The number of nitrogens with zero attached hydrogens (tertiary/aromatic N) is 5. The Kier molecular flexibility index (Phi) is 9.51. The summed E-state index contributed by atoms with van der Waals surface area (Å²) >= 11 is 4.37. The zero-order chi connectivity index (χ0) is 31.4. The van der Waals surface area contributed by atoms with E-state index in [0.29, 0.717) is 16.6 Å². The summed E-state index contributed by atoms with van der Waals surface area (Å²) in [4.78, 5) is 37.4. The minimum absolute atomic E-state index is 0. The van der Waals surface area contributed by atoms with Crippen LogP contribution in [0.5, 0.6) is 11.5 Å². The van der Waals surface area contributed by atoms with Crippen molar-refractivity contribution in [2.45, 2.75) is 31.8 Å². The first-order chi connectivity index (χ1) is 21.1. The number of hydrazine groups is 1. The van der Waals surface area contributed by atoms with Crippen LogP contribution in [0, 0.1) is 17.8 Å². The number of hydrogen-bond donors (Lipinski definition) is 2. The number of nitrogens with one attached hydrogen (secondary N) is 1. The molecule has 1 aliphatic heterocycles. The number of ether oxygens (including phenoxy) is 2. The molecule has 0 bridgehead atoms. The van der Waals surface area contributed by atoms with Gasteiger partial charge in [0.1, 0.15) is 29.1 Å². The average Bonchev–Trinajstić information content (AvgIpc) is 3.74. The highest BCUT2D eigenvalue weighted by Crippen LogP contribution is 2.35. The number of rotatable bonds is 9. The fraction of sp³-hybridized carbons (Fsp3) is 0.355. The van der Waals surface area contributed by atoms with Crippen LogP contribution in [0.1, 0.15) is 43.2 Å². The Morgan fingerprint density at radius 3 is 2.68 bits per heavy atom. The summed E-state index contributed by atoms with van der Waals surface area (Å²) in [7, 11) is 4.97. The molecule has 44 heavy (non-hydrogen) atoms. The number of methoxy groups -OCH3 is 1. The smallest absolute Gasteiger partial charge is 0.280 e. The van der Waals surface area contributed by atoms with E-state index in [2.05, 4.69) is 44.8 Å². The normalized spacial score (nSPS) is 16.8. The van der Waals surface area contributed by atoms with Crippen molar-refractivity contribution in [2.75, 3.05) is 34.3 Å². The van der Waals surface area contributed by atoms with Crippen molar-refractivity contribution in [3.63, 3.8) is 0 Å². The summed E-state index contributed by atoms with van der Waals surface area (Å²) in [5.74, 6) is 6.57. The van der Waals surface area contributed by atoms with E-state index in [1.165, 1.54) is 41.2 Å². The second kappa shape index (κ2) is 13.5. The van der Waals surface area contributed by atoms with Crippen LogP contribution >= 0.6 is 12.6 Å². The number of allylic oxidation sites excluding steroid dienone is 1. The number of likely N-dealkylation sites (tertiary alicyclic amines) is 1. The van der Waals surface area contributed by atoms with Crippen molar-refractivity contribution in [1.82, 2.24) is 29.9 Å². The molecular weight excluding hydrogens is 590 g/mol. The molecule has 1 aliphatic carbocycles. The Morgan fingerprint density at radius 2 is 2.02 bits per heavy atom. The molecule has 10 nitrogen and oxygen atoms in total. The molecule has 0 aromatic carbocycles. The van der Waals surface area contributed by atoms with Gasteiger partial charge in [0.05, 0.1) is 23.8 Å². The van der Waals surface area contributed by atoms with Crippen LogP contribution in [0.15, 0.2) is 58.8 Å². The summed E-state index contributed by atoms with van der Waals surface area (Å²) in [6.45, 7) is 1.68. The molecule has 1 saturated heterocycles.